The van der Waals surface area contributed by atoms with Crippen LogP contribution in [0.15, 0.2) is 46.7 Å². The normalized spacial score (nSPS) is 19.0. The van der Waals surface area contributed by atoms with Crippen LogP contribution in [-0.2, 0) is 9.47 Å². The van der Waals surface area contributed by atoms with Crippen molar-refractivity contribution in [3.8, 4) is 5.88 Å². The van der Waals surface area contributed by atoms with Gasteiger partial charge in [0.2, 0.25) is 5.88 Å². The monoisotopic (exact) mass is 697 g/mol. The molecule has 15 heteroatoms. The van der Waals surface area contributed by atoms with Gasteiger partial charge in [-0.1, -0.05) is 23.4 Å². The van der Waals surface area contributed by atoms with Gasteiger partial charge in [0, 0.05) is 67.8 Å². The molecule has 3 aliphatic heterocycles. The first-order chi connectivity index (χ1) is 22.7. The number of rotatable bonds is 7. The van der Waals surface area contributed by atoms with Crippen molar-refractivity contribution in [2.75, 3.05) is 43.1 Å². The number of amides is 1. The summed E-state index contributed by atoms with van der Waals surface area (Å²) < 4.78 is 17.1. The molecular weight excluding hydrogens is 658 g/mol. The molecule has 3 aromatic heterocycles. The lowest BCUT2D eigenvalue weighted by molar-refractivity contribution is 0.00436. The molecule has 0 aromatic carbocycles. The second-order valence-electron chi connectivity index (χ2n) is 13.8. The smallest absolute Gasteiger partial charge is 0.408 e. The fraction of sp³-hybridized carbons (Fsp3) is 0.515. The number of carbonyl (C=O) groups excluding carboxylic acids is 2. The fourth-order valence-electron chi connectivity index (χ4n) is 6.17. The lowest BCUT2D eigenvalue weighted by Crippen LogP contribution is -2.56. The summed E-state index contributed by atoms with van der Waals surface area (Å²) in [6.45, 7) is 11.3. The number of fused-ring (bicyclic) bond motifs is 1. The van der Waals surface area contributed by atoms with Crippen LogP contribution < -0.4 is 19.9 Å². The first kappa shape index (κ1) is 34.0. The lowest BCUT2D eigenvalue weighted by atomic mass is 9.82. The highest BCUT2D eigenvalue weighted by molar-refractivity contribution is 7.99. The second-order valence-corrected chi connectivity index (χ2v) is 15.2. The Morgan fingerprint density at radius 2 is 1.79 bits per heavy atom. The van der Waals surface area contributed by atoms with Gasteiger partial charge in [0.25, 0.3) is 0 Å². The maximum Gasteiger partial charge on any atom is 0.408 e. The Kier molecular flexibility index (Phi) is 9.11. The number of hydrogen-bond acceptors (Lipinski definition) is 13. The van der Waals surface area contributed by atoms with Gasteiger partial charge in [-0.05, 0) is 52.8 Å². The van der Waals surface area contributed by atoms with E-state index in [1.165, 1.54) is 18.9 Å². The van der Waals surface area contributed by atoms with E-state index in [1.54, 1.807) is 38.5 Å². The highest BCUT2D eigenvalue weighted by atomic mass is 35.5. The molecule has 0 radical (unpaired) electrons. The molecule has 2 N–H and O–H groups in total. The number of ether oxygens (including phenoxy) is 3. The van der Waals surface area contributed by atoms with E-state index in [4.69, 9.17) is 25.8 Å². The summed E-state index contributed by atoms with van der Waals surface area (Å²) in [6, 6.07) is 5.03. The molecule has 256 valence electrons. The van der Waals surface area contributed by atoms with Crippen molar-refractivity contribution < 1.29 is 28.9 Å². The third kappa shape index (κ3) is 6.83. The van der Waals surface area contributed by atoms with Gasteiger partial charge < -0.3 is 34.4 Å². The van der Waals surface area contributed by atoms with E-state index in [1.807, 2.05) is 42.7 Å². The van der Waals surface area contributed by atoms with Gasteiger partial charge in [0.05, 0.1) is 23.9 Å². The quantitative estimate of drug-likeness (QED) is 0.317. The number of nitrogens with one attached hydrogen (secondary N) is 1. The predicted octanol–water partition coefficient (Wildman–Crippen LogP) is 5.06. The van der Waals surface area contributed by atoms with Gasteiger partial charge >= 0.3 is 12.1 Å². The van der Waals surface area contributed by atoms with Crippen molar-refractivity contribution >= 4 is 47.1 Å². The molecular formula is C33H40ClN7O6S. The number of methoxy groups -OCH3 is 1. The molecule has 48 heavy (non-hydrogen) atoms. The third-order valence-corrected chi connectivity index (χ3v) is 10.3. The Bertz CT molecular complexity index is 1700. The van der Waals surface area contributed by atoms with E-state index in [0.717, 1.165) is 5.56 Å². The zero-order valence-electron chi connectivity index (χ0n) is 27.8. The van der Waals surface area contributed by atoms with E-state index < -0.39 is 34.9 Å². The van der Waals surface area contributed by atoms with Crippen molar-refractivity contribution in [3.05, 3.63) is 53.1 Å². The molecule has 1 amide bonds. The molecule has 2 saturated heterocycles. The van der Waals surface area contributed by atoms with Crippen LogP contribution in [0.1, 0.15) is 69.6 Å². The molecule has 3 aromatic rings. The number of esters is 1. The summed E-state index contributed by atoms with van der Waals surface area (Å²) in [5.41, 5.74) is -1.33. The van der Waals surface area contributed by atoms with Crippen molar-refractivity contribution in [1.29, 1.82) is 0 Å². The second kappa shape index (κ2) is 12.9. The van der Waals surface area contributed by atoms with Crippen LogP contribution in [0.3, 0.4) is 0 Å². The lowest BCUT2D eigenvalue weighted by Gasteiger charge is -2.46. The summed E-state index contributed by atoms with van der Waals surface area (Å²) in [5, 5.41) is 14.3. The molecule has 13 nitrogen and oxygen atoms in total. The Labute approximate surface area is 288 Å². The molecule has 3 aliphatic rings. The summed E-state index contributed by atoms with van der Waals surface area (Å²) in [5.74, 6) is 1.02. The molecule has 0 aliphatic carbocycles. The van der Waals surface area contributed by atoms with Crippen molar-refractivity contribution in [3.63, 3.8) is 0 Å². The summed E-state index contributed by atoms with van der Waals surface area (Å²) in [4.78, 5) is 48.8. The van der Waals surface area contributed by atoms with Gasteiger partial charge in [-0.3, -0.25) is 0 Å². The molecule has 1 spiro atoms. The van der Waals surface area contributed by atoms with Gasteiger partial charge in [-0.2, -0.15) is 0 Å². The van der Waals surface area contributed by atoms with Crippen LogP contribution in [0, 0.1) is 5.92 Å². The van der Waals surface area contributed by atoms with E-state index in [2.05, 4.69) is 25.3 Å². The SMILES string of the molecule is COC(=O)c1nc(Sc2ccnc(N3CC(C(C)(C)O)C3)c2Cl)cnc1N1CCC2(CC1)Oc1ncccc1[C@H]2NC(=O)OC(C)(C)C. The maximum atomic E-state index is 13.0. The van der Waals surface area contributed by atoms with E-state index >= 15 is 0 Å². The van der Waals surface area contributed by atoms with E-state index in [-0.39, 0.29) is 11.6 Å². The highest BCUT2D eigenvalue weighted by Crippen LogP contribution is 2.48. The zero-order chi connectivity index (χ0) is 34.4. The number of hydrogen-bond donors (Lipinski definition) is 2. The molecule has 0 unspecified atom stereocenters. The Morgan fingerprint density at radius 3 is 2.46 bits per heavy atom. The number of pyridine rings is 2. The zero-order valence-corrected chi connectivity index (χ0v) is 29.4. The summed E-state index contributed by atoms with van der Waals surface area (Å²) >= 11 is 8.07. The van der Waals surface area contributed by atoms with Crippen molar-refractivity contribution in [2.45, 2.75) is 80.2 Å². The molecule has 6 rings (SSSR count). The molecule has 1 atom stereocenters. The van der Waals surface area contributed by atoms with Gasteiger partial charge in [-0.25, -0.2) is 29.5 Å². The largest absolute Gasteiger partial charge is 0.468 e. The number of carbonyl (C=O) groups is 2. The average molecular weight is 698 g/mol. The Balaban J connectivity index is 1.19. The van der Waals surface area contributed by atoms with Crippen molar-refractivity contribution in [1.82, 2.24) is 25.3 Å². The van der Waals surface area contributed by atoms with Crippen LogP contribution in [0.5, 0.6) is 5.88 Å². The number of alkyl carbamates (subject to hydrolysis) is 1. The van der Waals surface area contributed by atoms with Crippen molar-refractivity contribution in [2.24, 2.45) is 5.92 Å². The fourth-order valence-corrected chi connectivity index (χ4v) is 7.30. The minimum absolute atomic E-state index is 0.0836. The van der Waals surface area contributed by atoms with Gasteiger partial charge in [-0.15, -0.1) is 0 Å². The number of aliphatic hydroxyl groups is 1. The van der Waals surface area contributed by atoms with Crippen LogP contribution in [0.2, 0.25) is 5.02 Å². The number of halogens is 1. The third-order valence-electron chi connectivity index (χ3n) is 8.85. The van der Waals surface area contributed by atoms with Gasteiger partial charge in [0.15, 0.2) is 11.5 Å². The van der Waals surface area contributed by atoms with E-state index in [9.17, 15) is 14.7 Å². The first-order valence-electron chi connectivity index (χ1n) is 15.8. The van der Waals surface area contributed by atoms with Crippen LogP contribution in [0.25, 0.3) is 0 Å². The molecule has 0 saturated carbocycles. The summed E-state index contributed by atoms with van der Waals surface area (Å²) in [6.07, 6.45) is 5.42. The topological polar surface area (TPSA) is 152 Å². The number of aromatic nitrogens is 4. The standard InChI is InChI=1S/C33H40ClN7O6S/c1-31(2,3)47-30(43)39-25-20-8-7-12-36-28(20)46-33(25)10-14-40(15-11-33)27-24(29(42)45-6)38-22(16-37-27)48-21-9-13-35-26(23(21)34)41-17-19(18-41)32(4,5)44/h7-9,12-13,16,19,25,44H,10-11,14-15,17-18H2,1-6H3,(H,39,43)/t25-/m1/s1. The highest BCUT2D eigenvalue weighted by Gasteiger charge is 2.52. The maximum absolute atomic E-state index is 13.0. The molecule has 0 bridgehead atoms. The minimum Gasteiger partial charge on any atom is -0.468 e. The summed E-state index contributed by atoms with van der Waals surface area (Å²) in [7, 11) is 1.31. The van der Waals surface area contributed by atoms with Crippen LogP contribution >= 0.6 is 23.4 Å². The van der Waals surface area contributed by atoms with Crippen LogP contribution in [0.4, 0.5) is 16.4 Å². The number of nitrogens with zero attached hydrogens (tertiary/aromatic N) is 6. The average Bonchev–Trinajstić information content (AvgIpc) is 3.28. The first-order valence-corrected chi connectivity index (χ1v) is 17.0. The van der Waals surface area contributed by atoms with Gasteiger partial charge in [0.1, 0.15) is 28.1 Å². The Hall–Kier alpha value is -3.88. The molecule has 6 heterocycles. The predicted molar refractivity (Wildman–Crippen MR) is 180 cm³/mol. The number of anilines is 2. The van der Waals surface area contributed by atoms with Crippen LogP contribution in [-0.4, -0.2) is 87.2 Å². The van der Waals surface area contributed by atoms with E-state index in [0.29, 0.717) is 71.5 Å². The minimum atomic E-state index is -0.781. The molecule has 2 fully saturated rings. The number of piperidine rings is 1. The Morgan fingerprint density at radius 1 is 1.06 bits per heavy atom.